The van der Waals surface area contributed by atoms with Gasteiger partial charge in [0.05, 0.1) is 23.0 Å². The normalized spacial score (nSPS) is 9.50. The summed E-state index contributed by atoms with van der Waals surface area (Å²) < 4.78 is 0. The van der Waals surface area contributed by atoms with Crippen LogP contribution in [0.1, 0.15) is 11.1 Å². The van der Waals surface area contributed by atoms with Crippen molar-refractivity contribution in [1.29, 1.82) is 5.26 Å². The van der Waals surface area contributed by atoms with Crippen molar-refractivity contribution in [3.05, 3.63) is 38.4 Å². The summed E-state index contributed by atoms with van der Waals surface area (Å²) in [6, 6.07) is 3.94. The quantitative estimate of drug-likeness (QED) is 0.640. The molecule has 0 saturated carbocycles. The fourth-order valence-corrected chi connectivity index (χ4v) is 1.40. The molecule has 0 aliphatic carbocycles. The first-order valence-electron chi connectivity index (χ1n) is 4.04. The van der Waals surface area contributed by atoms with Crippen molar-refractivity contribution in [2.24, 2.45) is 0 Å². The number of hydrogen-bond acceptors (Lipinski definition) is 4. The summed E-state index contributed by atoms with van der Waals surface area (Å²) >= 11 is 5.66. The van der Waals surface area contributed by atoms with Gasteiger partial charge in [-0.1, -0.05) is 11.6 Å². The fraction of sp³-hybridized carbons (Fsp3) is 0.111. The topological polar surface area (TPSA) is 104 Å². The first-order chi connectivity index (χ1) is 7.45. The number of nitro benzene ring substituents is 1. The lowest BCUT2D eigenvalue weighted by atomic mass is 10.1. The lowest BCUT2D eigenvalue weighted by Gasteiger charge is -2.02. The molecular weight excluding hydrogens is 236 g/mol. The van der Waals surface area contributed by atoms with E-state index in [1.807, 2.05) is 0 Å². The summed E-state index contributed by atoms with van der Waals surface area (Å²) in [4.78, 5) is 20.3. The molecule has 0 aliphatic rings. The van der Waals surface area contributed by atoms with E-state index in [9.17, 15) is 14.9 Å². The van der Waals surface area contributed by atoms with E-state index in [-0.39, 0.29) is 16.1 Å². The van der Waals surface area contributed by atoms with Gasteiger partial charge in [0.1, 0.15) is 5.02 Å². The minimum atomic E-state index is -1.17. The number of hydrogen-bond donors (Lipinski definition) is 1. The van der Waals surface area contributed by atoms with Crippen molar-refractivity contribution >= 4 is 23.3 Å². The molecule has 0 saturated heterocycles. The Kier molecular flexibility index (Phi) is 3.43. The Balaban J connectivity index is 3.38. The van der Waals surface area contributed by atoms with E-state index < -0.39 is 23.0 Å². The molecule has 0 aromatic heterocycles. The van der Waals surface area contributed by atoms with Crippen LogP contribution in [0.3, 0.4) is 0 Å². The summed E-state index contributed by atoms with van der Waals surface area (Å²) in [5.41, 5.74) is -0.399. The van der Waals surface area contributed by atoms with Crippen LogP contribution in [-0.4, -0.2) is 16.0 Å². The SMILES string of the molecule is N#Cc1cc(CC(=O)O)c(Cl)c([N+](=O)[O-])c1. The highest BCUT2D eigenvalue weighted by Gasteiger charge is 2.19. The molecular formula is C9H5ClN2O4. The summed E-state index contributed by atoms with van der Waals surface area (Å²) in [5.74, 6) is -1.17. The first-order valence-corrected chi connectivity index (χ1v) is 4.42. The first kappa shape index (κ1) is 11.9. The van der Waals surface area contributed by atoms with Gasteiger partial charge in [-0.25, -0.2) is 0 Å². The Morgan fingerprint density at radius 3 is 2.69 bits per heavy atom. The van der Waals surface area contributed by atoms with Gasteiger partial charge in [-0.2, -0.15) is 5.26 Å². The standard InChI is InChI=1S/C9H5ClN2O4/c10-9-6(3-8(13)14)1-5(4-11)2-7(9)12(15)16/h1-2H,3H2,(H,13,14). The summed E-state index contributed by atoms with van der Waals surface area (Å²) in [7, 11) is 0. The lowest BCUT2D eigenvalue weighted by Crippen LogP contribution is -2.03. The van der Waals surface area contributed by atoms with Gasteiger partial charge in [-0.15, -0.1) is 0 Å². The number of benzene rings is 1. The van der Waals surface area contributed by atoms with Crippen LogP contribution in [0, 0.1) is 21.4 Å². The van der Waals surface area contributed by atoms with Gasteiger partial charge in [-0.05, 0) is 11.6 Å². The Morgan fingerprint density at radius 1 is 1.62 bits per heavy atom. The van der Waals surface area contributed by atoms with Crippen molar-refractivity contribution in [2.45, 2.75) is 6.42 Å². The Morgan fingerprint density at radius 2 is 2.25 bits per heavy atom. The highest BCUT2D eigenvalue weighted by atomic mass is 35.5. The second-order valence-electron chi connectivity index (χ2n) is 2.91. The van der Waals surface area contributed by atoms with Gasteiger partial charge in [-0.3, -0.25) is 14.9 Å². The molecule has 0 spiro atoms. The maximum atomic E-state index is 10.6. The Labute approximate surface area is 94.8 Å². The van der Waals surface area contributed by atoms with Gasteiger partial charge in [0, 0.05) is 6.07 Å². The van der Waals surface area contributed by atoms with E-state index in [1.54, 1.807) is 6.07 Å². The summed E-state index contributed by atoms with van der Waals surface area (Å²) in [5, 5.41) is 27.6. The van der Waals surface area contributed by atoms with E-state index >= 15 is 0 Å². The zero-order chi connectivity index (χ0) is 12.3. The maximum absolute atomic E-state index is 10.6. The molecule has 7 heteroatoms. The van der Waals surface area contributed by atoms with Crippen molar-refractivity contribution in [3.8, 4) is 6.07 Å². The molecule has 1 N–H and O–H groups in total. The summed E-state index contributed by atoms with van der Waals surface area (Å²) in [6.07, 6.45) is -0.463. The molecule has 1 aromatic rings. The number of halogens is 1. The third kappa shape index (κ3) is 2.46. The van der Waals surface area contributed by atoms with Crippen molar-refractivity contribution < 1.29 is 14.8 Å². The molecule has 0 fully saturated rings. The molecule has 0 heterocycles. The number of carboxylic acid groups (broad SMARTS) is 1. The van der Waals surface area contributed by atoms with Crippen LogP contribution in [0.2, 0.25) is 5.02 Å². The maximum Gasteiger partial charge on any atom is 0.307 e. The highest BCUT2D eigenvalue weighted by Crippen LogP contribution is 2.29. The van der Waals surface area contributed by atoms with E-state index in [1.165, 1.54) is 6.07 Å². The van der Waals surface area contributed by atoms with Gasteiger partial charge < -0.3 is 5.11 Å². The van der Waals surface area contributed by atoms with Crippen LogP contribution < -0.4 is 0 Å². The van der Waals surface area contributed by atoms with Gasteiger partial charge in [0.15, 0.2) is 0 Å². The molecule has 0 amide bonds. The van der Waals surface area contributed by atoms with Crippen LogP contribution in [0.4, 0.5) is 5.69 Å². The molecule has 16 heavy (non-hydrogen) atoms. The molecule has 0 unspecified atom stereocenters. The van der Waals surface area contributed by atoms with Crippen LogP contribution in [0.25, 0.3) is 0 Å². The smallest absolute Gasteiger partial charge is 0.307 e. The van der Waals surface area contributed by atoms with E-state index in [4.69, 9.17) is 22.0 Å². The number of nitriles is 1. The van der Waals surface area contributed by atoms with Crippen molar-refractivity contribution in [1.82, 2.24) is 0 Å². The van der Waals surface area contributed by atoms with Crippen LogP contribution >= 0.6 is 11.6 Å². The van der Waals surface area contributed by atoms with Gasteiger partial charge in [0.2, 0.25) is 0 Å². The lowest BCUT2D eigenvalue weighted by molar-refractivity contribution is -0.384. The molecule has 0 atom stereocenters. The zero-order valence-corrected chi connectivity index (χ0v) is 8.56. The minimum Gasteiger partial charge on any atom is -0.481 e. The molecule has 0 bridgehead atoms. The molecule has 82 valence electrons. The predicted molar refractivity (Wildman–Crippen MR) is 54.2 cm³/mol. The van der Waals surface area contributed by atoms with Crippen molar-refractivity contribution in [2.75, 3.05) is 0 Å². The van der Waals surface area contributed by atoms with Crippen LogP contribution in [0.15, 0.2) is 12.1 Å². The molecule has 0 radical (unpaired) electrons. The van der Waals surface area contributed by atoms with Crippen LogP contribution in [0.5, 0.6) is 0 Å². The zero-order valence-electron chi connectivity index (χ0n) is 7.81. The van der Waals surface area contributed by atoms with Gasteiger partial charge in [0.25, 0.3) is 5.69 Å². The summed E-state index contributed by atoms with van der Waals surface area (Å²) in [6.45, 7) is 0. The molecule has 6 nitrogen and oxygen atoms in total. The van der Waals surface area contributed by atoms with E-state index in [0.717, 1.165) is 6.07 Å². The third-order valence-corrected chi connectivity index (χ3v) is 2.23. The van der Waals surface area contributed by atoms with Crippen molar-refractivity contribution in [3.63, 3.8) is 0 Å². The molecule has 1 rings (SSSR count). The number of aliphatic carboxylic acids is 1. The van der Waals surface area contributed by atoms with Crippen LogP contribution in [-0.2, 0) is 11.2 Å². The number of carbonyl (C=O) groups is 1. The fourth-order valence-electron chi connectivity index (χ4n) is 1.16. The highest BCUT2D eigenvalue weighted by molar-refractivity contribution is 6.33. The second-order valence-corrected chi connectivity index (χ2v) is 3.29. The number of rotatable bonds is 3. The third-order valence-electron chi connectivity index (χ3n) is 1.80. The number of nitro groups is 1. The largest absolute Gasteiger partial charge is 0.481 e. The minimum absolute atomic E-state index is 0.00681. The van der Waals surface area contributed by atoms with Gasteiger partial charge >= 0.3 is 5.97 Å². The second kappa shape index (κ2) is 4.59. The van der Waals surface area contributed by atoms with E-state index in [2.05, 4.69) is 0 Å². The Hall–Kier alpha value is -2.13. The molecule has 1 aromatic carbocycles. The average molecular weight is 241 g/mol. The number of nitrogens with zero attached hydrogens (tertiary/aromatic N) is 2. The Bertz CT molecular complexity index is 507. The monoisotopic (exact) mass is 240 g/mol. The molecule has 0 aliphatic heterocycles. The predicted octanol–water partition coefficient (Wildman–Crippen LogP) is 1.75. The number of carboxylic acids is 1. The average Bonchev–Trinajstić information content (AvgIpc) is 2.19. The van der Waals surface area contributed by atoms with E-state index in [0.29, 0.717) is 0 Å².